The molecule has 0 aliphatic rings. The molecule has 0 aliphatic carbocycles. The fraction of sp³-hybridized carbons (Fsp3) is 0.258. The first-order chi connectivity index (χ1) is 16.8. The average molecular weight is 468 g/mol. The van der Waals surface area contributed by atoms with Crippen molar-refractivity contribution in [3.8, 4) is 16.9 Å². The highest BCUT2D eigenvalue weighted by molar-refractivity contribution is 6.09. The zero-order valence-electron chi connectivity index (χ0n) is 21.2. The maximum absolute atomic E-state index is 13.4. The quantitative estimate of drug-likeness (QED) is 0.265. The Bertz CT molecular complexity index is 1370. The second kappa shape index (κ2) is 9.83. The fourth-order valence-electron chi connectivity index (χ4n) is 4.46. The first-order valence-electron chi connectivity index (χ1n) is 12.0. The average Bonchev–Trinajstić information content (AvgIpc) is 3.17. The molecule has 0 radical (unpaired) electrons. The Morgan fingerprint density at radius 3 is 2.40 bits per heavy atom. The molecule has 0 amide bonds. The standard InChI is InChI=1S/C31H33NO3/c1-7-21-12-17-27-26(19-21)28(23-13-15-24(16-14-23)31(3,4)5)29(30(33)35-8-2)32(27)20-22-10-9-11-25(18-22)34-6/h7,9-19H,1,8,20H2,2-6H3. The minimum atomic E-state index is -0.332. The number of esters is 1. The van der Waals surface area contributed by atoms with Crippen LogP contribution in [-0.2, 0) is 16.7 Å². The molecule has 0 fully saturated rings. The normalized spacial score (nSPS) is 11.5. The van der Waals surface area contributed by atoms with Crippen LogP contribution in [0.25, 0.3) is 28.1 Å². The van der Waals surface area contributed by atoms with E-state index in [-0.39, 0.29) is 11.4 Å². The van der Waals surface area contributed by atoms with E-state index in [1.54, 1.807) is 7.11 Å². The van der Waals surface area contributed by atoms with E-state index in [2.05, 4.69) is 68.3 Å². The summed E-state index contributed by atoms with van der Waals surface area (Å²) < 4.78 is 13.1. The molecule has 0 bridgehead atoms. The monoisotopic (exact) mass is 467 g/mol. The molecule has 180 valence electrons. The summed E-state index contributed by atoms with van der Waals surface area (Å²) in [6.45, 7) is 13.2. The molecule has 4 heteroatoms. The molecule has 0 atom stereocenters. The maximum atomic E-state index is 13.4. The van der Waals surface area contributed by atoms with Gasteiger partial charge in [-0.15, -0.1) is 0 Å². The molecule has 0 spiro atoms. The largest absolute Gasteiger partial charge is 0.497 e. The summed E-state index contributed by atoms with van der Waals surface area (Å²) in [6, 6.07) is 22.6. The lowest BCUT2D eigenvalue weighted by Gasteiger charge is -2.19. The van der Waals surface area contributed by atoms with Crippen molar-refractivity contribution in [1.29, 1.82) is 0 Å². The van der Waals surface area contributed by atoms with Gasteiger partial charge in [0.05, 0.1) is 13.7 Å². The molecule has 4 aromatic rings. The van der Waals surface area contributed by atoms with Gasteiger partial charge in [-0.1, -0.05) is 75.9 Å². The van der Waals surface area contributed by atoms with E-state index in [9.17, 15) is 4.79 Å². The molecule has 0 aliphatic heterocycles. The van der Waals surface area contributed by atoms with Crippen molar-refractivity contribution in [2.24, 2.45) is 0 Å². The van der Waals surface area contributed by atoms with Crippen LogP contribution < -0.4 is 4.74 Å². The van der Waals surface area contributed by atoms with Gasteiger partial charge in [-0.05, 0) is 58.9 Å². The predicted octanol–water partition coefficient (Wildman–Crippen LogP) is 7.48. The van der Waals surface area contributed by atoms with Crippen molar-refractivity contribution >= 4 is 22.9 Å². The Balaban J connectivity index is 2.00. The van der Waals surface area contributed by atoms with Crippen molar-refractivity contribution in [3.63, 3.8) is 0 Å². The minimum absolute atomic E-state index is 0.0406. The van der Waals surface area contributed by atoms with E-state index >= 15 is 0 Å². The highest BCUT2D eigenvalue weighted by Crippen LogP contribution is 2.38. The van der Waals surface area contributed by atoms with E-state index in [1.807, 2.05) is 43.3 Å². The van der Waals surface area contributed by atoms with Gasteiger partial charge in [0.25, 0.3) is 0 Å². The minimum Gasteiger partial charge on any atom is -0.497 e. The van der Waals surface area contributed by atoms with Crippen LogP contribution in [-0.4, -0.2) is 24.3 Å². The third-order valence-electron chi connectivity index (χ3n) is 6.31. The summed E-state index contributed by atoms with van der Waals surface area (Å²) in [7, 11) is 1.66. The number of ether oxygens (including phenoxy) is 2. The van der Waals surface area contributed by atoms with Gasteiger partial charge in [0.1, 0.15) is 11.4 Å². The van der Waals surface area contributed by atoms with E-state index in [0.29, 0.717) is 18.8 Å². The zero-order chi connectivity index (χ0) is 25.2. The first-order valence-corrected chi connectivity index (χ1v) is 12.0. The lowest BCUT2D eigenvalue weighted by atomic mass is 9.86. The van der Waals surface area contributed by atoms with Gasteiger partial charge >= 0.3 is 5.97 Å². The number of nitrogens with zero attached hydrogens (tertiary/aromatic N) is 1. The van der Waals surface area contributed by atoms with E-state index in [1.165, 1.54) is 5.56 Å². The molecule has 3 aromatic carbocycles. The number of benzene rings is 3. The van der Waals surface area contributed by atoms with Crippen LogP contribution in [0.4, 0.5) is 0 Å². The van der Waals surface area contributed by atoms with Gasteiger partial charge in [-0.2, -0.15) is 0 Å². The number of carbonyl (C=O) groups is 1. The van der Waals surface area contributed by atoms with Crippen molar-refractivity contribution in [3.05, 3.63) is 95.7 Å². The smallest absolute Gasteiger partial charge is 0.355 e. The molecule has 1 heterocycles. The van der Waals surface area contributed by atoms with Crippen LogP contribution in [0.5, 0.6) is 5.75 Å². The fourth-order valence-corrected chi connectivity index (χ4v) is 4.46. The molecule has 4 nitrogen and oxygen atoms in total. The molecule has 0 saturated carbocycles. The number of aromatic nitrogens is 1. The van der Waals surface area contributed by atoms with Crippen LogP contribution in [0.15, 0.2) is 73.3 Å². The van der Waals surface area contributed by atoms with Gasteiger partial charge in [-0.25, -0.2) is 4.79 Å². The lowest BCUT2D eigenvalue weighted by molar-refractivity contribution is 0.0516. The molecule has 1 aromatic heterocycles. The van der Waals surface area contributed by atoms with Crippen LogP contribution >= 0.6 is 0 Å². The summed E-state index contributed by atoms with van der Waals surface area (Å²) in [5.41, 5.74) is 6.70. The maximum Gasteiger partial charge on any atom is 0.355 e. The van der Waals surface area contributed by atoms with Crippen LogP contribution in [0.3, 0.4) is 0 Å². The Morgan fingerprint density at radius 1 is 1.03 bits per heavy atom. The van der Waals surface area contributed by atoms with Crippen LogP contribution in [0.2, 0.25) is 0 Å². The van der Waals surface area contributed by atoms with Crippen molar-refractivity contribution < 1.29 is 14.3 Å². The summed E-state index contributed by atoms with van der Waals surface area (Å²) in [6.07, 6.45) is 1.83. The predicted molar refractivity (Wildman–Crippen MR) is 144 cm³/mol. The highest BCUT2D eigenvalue weighted by atomic mass is 16.5. The summed E-state index contributed by atoms with van der Waals surface area (Å²) in [5, 5.41) is 0.997. The molecule has 0 N–H and O–H groups in total. The molecule has 35 heavy (non-hydrogen) atoms. The topological polar surface area (TPSA) is 40.5 Å². The van der Waals surface area contributed by atoms with E-state index in [0.717, 1.165) is 38.9 Å². The number of rotatable bonds is 7. The number of hydrogen-bond acceptors (Lipinski definition) is 3. The highest BCUT2D eigenvalue weighted by Gasteiger charge is 2.26. The van der Waals surface area contributed by atoms with Crippen molar-refractivity contribution in [1.82, 2.24) is 4.57 Å². The van der Waals surface area contributed by atoms with Crippen LogP contribution in [0.1, 0.15) is 54.9 Å². The molecule has 0 unspecified atom stereocenters. The van der Waals surface area contributed by atoms with Crippen LogP contribution in [0, 0.1) is 0 Å². The Kier molecular flexibility index (Phi) is 6.83. The van der Waals surface area contributed by atoms with Crippen molar-refractivity contribution in [2.45, 2.75) is 39.7 Å². The molecule has 0 saturated heterocycles. The Morgan fingerprint density at radius 2 is 1.77 bits per heavy atom. The summed E-state index contributed by atoms with van der Waals surface area (Å²) in [5.74, 6) is 0.449. The lowest BCUT2D eigenvalue weighted by Crippen LogP contribution is -2.14. The van der Waals surface area contributed by atoms with E-state index in [4.69, 9.17) is 9.47 Å². The summed E-state index contributed by atoms with van der Waals surface area (Å²) in [4.78, 5) is 13.4. The Labute approximate surface area is 207 Å². The number of fused-ring (bicyclic) bond motifs is 1. The van der Waals surface area contributed by atoms with Gasteiger partial charge in [-0.3, -0.25) is 0 Å². The number of methoxy groups -OCH3 is 1. The SMILES string of the molecule is C=Cc1ccc2c(c1)c(-c1ccc(C(C)(C)C)cc1)c(C(=O)OCC)n2Cc1cccc(OC)c1. The van der Waals surface area contributed by atoms with E-state index < -0.39 is 0 Å². The third-order valence-corrected chi connectivity index (χ3v) is 6.31. The van der Waals surface area contributed by atoms with Gasteiger partial charge in [0.2, 0.25) is 0 Å². The van der Waals surface area contributed by atoms with Gasteiger partial charge in [0, 0.05) is 23.0 Å². The third kappa shape index (κ3) is 4.88. The van der Waals surface area contributed by atoms with Gasteiger partial charge in [0.15, 0.2) is 0 Å². The number of carbonyl (C=O) groups excluding carboxylic acids is 1. The molecular formula is C31H33NO3. The van der Waals surface area contributed by atoms with Gasteiger partial charge < -0.3 is 14.0 Å². The molecule has 4 rings (SSSR count). The number of hydrogen-bond donors (Lipinski definition) is 0. The Hall–Kier alpha value is -3.79. The van der Waals surface area contributed by atoms with Crippen molar-refractivity contribution in [2.75, 3.05) is 13.7 Å². The summed E-state index contributed by atoms with van der Waals surface area (Å²) >= 11 is 0. The first kappa shape index (κ1) is 24.3. The zero-order valence-corrected chi connectivity index (χ0v) is 21.2. The second-order valence-corrected chi connectivity index (χ2v) is 9.69. The second-order valence-electron chi connectivity index (χ2n) is 9.69. The molecular weight excluding hydrogens is 434 g/mol.